The van der Waals surface area contributed by atoms with E-state index in [9.17, 15) is 9.90 Å². The molecule has 1 aromatic heterocycles. The number of ether oxygens (including phenoxy) is 1. The van der Waals surface area contributed by atoms with Crippen LogP contribution in [0, 0.1) is 0 Å². The van der Waals surface area contributed by atoms with Crippen LogP contribution < -0.4 is 10.6 Å². The number of carbonyl (C=O) groups is 1. The van der Waals surface area contributed by atoms with Gasteiger partial charge in [0.05, 0.1) is 19.4 Å². The SMILES string of the molecule is CCOCCNC(=O)NCC(C)(O)c1ccco1. The van der Waals surface area contributed by atoms with Crippen molar-refractivity contribution >= 4 is 6.03 Å². The predicted molar refractivity (Wildman–Crippen MR) is 66.2 cm³/mol. The van der Waals surface area contributed by atoms with E-state index in [1.165, 1.54) is 6.26 Å². The van der Waals surface area contributed by atoms with E-state index < -0.39 is 5.60 Å². The number of amides is 2. The van der Waals surface area contributed by atoms with E-state index in [0.29, 0.717) is 25.5 Å². The molecule has 1 rings (SSSR count). The van der Waals surface area contributed by atoms with E-state index in [2.05, 4.69) is 10.6 Å². The number of carbonyl (C=O) groups excluding carboxylic acids is 1. The Balaban J connectivity index is 2.25. The van der Waals surface area contributed by atoms with Crippen LogP contribution in [-0.4, -0.2) is 37.4 Å². The van der Waals surface area contributed by atoms with Gasteiger partial charge in [0.2, 0.25) is 0 Å². The third-order valence-electron chi connectivity index (χ3n) is 2.38. The first-order valence-electron chi connectivity index (χ1n) is 5.92. The van der Waals surface area contributed by atoms with Crippen molar-refractivity contribution in [3.63, 3.8) is 0 Å². The molecule has 102 valence electrons. The van der Waals surface area contributed by atoms with Crippen LogP contribution in [0.4, 0.5) is 4.79 Å². The number of nitrogens with one attached hydrogen (secondary N) is 2. The maximum absolute atomic E-state index is 11.4. The van der Waals surface area contributed by atoms with Crippen LogP contribution in [0.25, 0.3) is 0 Å². The molecule has 0 aliphatic rings. The van der Waals surface area contributed by atoms with E-state index >= 15 is 0 Å². The Morgan fingerprint density at radius 1 is 1.56 bits per heavy atom. The Hall–Kier alpha value is -1.53. The zero-order valence-corrected chi connectivity index (χ0v) is 10.7. The quantitative estimate of drug-likeness (QED) is 0.631. The van der Waals surface area contributed by atoms with E-state index in [-0.39, 0.29) is 12.6 Å². The monoisotopic (exact) mass is 256 g/mol. The highest BCUT2D eigenvalue weighted by Crippen LogP contribution is 2.19. The molecule has 18 heavy (non-hydrogen) atoms. The molecule has 0 spiro atoms. The fourth-order valence-electron chi connectivity index (χ4n) is 1.37. The average molecular weight is 256 g/mol. The Morgan fingerprint density at radius 3 is 2.94 bits per heavy atom. The molecule has 0 aromatic carbocycles. The molecule has 1 unspecified atom stereocenters. The fourth-order valence-corrected chi connectivity index (χ4v) is 1.37. The summed E-state index contributed by atoms with van der Waals surface area (Å²) in [5.74, 6) is 0.414. The molecule has 0 saturated heterocycles. The molecule has 3 N–H and O–H groups in total. The summed E-state index contributed by atoms with van der Waals surface area (Å²) in [6.45, 7) is 5.06. The molecule has 0 saturated carbocycles. The van der Waals surface area contributed by atoms with Gasteiger partial charge in [-0.1, -0.05) is 0 Å². The van der Waals surface area contributed by atoms with Gasteiger partial charge in [-0.25, -0.2) is 4.79 Å². The standard InChI is InChI=1S/C12H20N2O4/c1-3-17-8-6-13-11(15)14-9-12(2,16)10-5-4-7-18-10/h4-5,7,16H,3,6,8-9H2,1-2H3,(H2,13,14,15). The van der Waals surface area contributed by atoms with Crippen LogP contribution >= 0.6 is 0 Å². The molecule has 1 heterocycles. The molecular formula is C12H20N2O4. The number of hydrogen-bond acceptors (Lipinski definition) is 4. The summed E-state index contributed by atoms with van der Waals surface area (Å²) in [5.41, 5.74) is -1.22. The molecule has 0 radical (unpaired) electrons. The highest BCUT2D eigenvalue weighted by molar-refractivity contribution is 5.73. The number of aliphatic hydroxyl groups is 1. The minimum absolute atomic E-state index is 0.0704. The maximum atomic E-state index is 11.4. The first-order chi connectivity index (χ1) is 8.56. The van der Waals surface area contributed by atoms with E-state index in [4.69, 9.17) is 9.15 Å². The van der Waals surface area contributed by atoms with Crippen LogP contribution in [0.15, 0.2) is 22.8 Å². The third-order valence-corrected chi connectivity index (χ3v) is 2.38. The summed E-state index contributed by atoms with van der Waals surface area (Å²) in [6.07, 6.45) is 1.48. The minimum atomic E-state index is -1.22. The van der Waals surface area contributed by atoms with E-state index in [0.717, 1.165) is 0 Å². The number of furan rings is 1. The van der Waals surface area contributed by atoms with Crippen LogP contribution in [0.2, 0.25) is 0 Å². The first kappa shape index (κ1) is 14.5. The second-order valence-corrected chi connectivity index (χ2v) is 4.06. The first-order valence-corrected chi connectivity index (χ1v) is 5.92. The highest BCUT2D eigenvalue weighted by atomic mass is 16.5. The zero-order chi connectivity index (χ0) is 13.4. The number of rotatable bonds is 7. The van der Waals surface area contributed by atoms with Gasteiger partial charge in [-0.15, -0.1) is 0 Å². The minimum Gasteiger partial charge on any atom is -0.466 e. The summed E-state index contributed by atoms with van der Waals surface area (Å²) < 4.78 is 10.2. The second kappa shape index (κ2) is 7.03. The van der Waals surface area contributed by atoms with Crippen LogP contribution in [0.1, 0.15) is 19.6 Å². The van der Waals surface area contributed by atoms with Gasteiger partial charge in [-0.3, -0.25) is 0 Å². The molecule has 0 fully saturated rings. The smallest absolute Gasteiger partial charge is 0.314 e. The molecule has 0 bridgehead atoms. The molecule has 2 amide bonds. The van der Waals surface area contributed by atoms with Gasteiger partial charge in [0.1, 0.15) is 11.4 Å². The Kier molecular flexibility index (Phi) is 5.67. The van der Waals surface area contributed by atoms with Gasteiger partial charge in [0, 0.05) is 13.2 Å². The zero-order valence-electron chi connectivity index (χ0n) is 10.7. The molecule has 1 aromatic rings. The van der Waals surface area contributed by atoms with Crippen LogP contribution in [0.5, 0.6) is 0 Å². The lowest BCUT2D eigenvalue weighted by atomic mass is 10.0. The third kappa shape index (κ3) is 4.77. The van der Waals surface area contributed by atoms with Gasteiger partial charge in [0.25, 0.3) is 0 Å². The van der Waals surface area contributed by atoms with Gasteiger partial charge >= 0.3 is 6.03 Å². The van der Waals surface area contributed by atoms with Gasteiger partial charge in [-0.2, -0.15) is 0 Å². The normalized spacial score (nSPS) is 13.9. The van der Waals surface area contributed by atoms with Gasteiger partial charge < -0.3 is 24.9 Å². The molecule has 6 heteroatoms. The summed E-state index contributed by atoms with van der Waals surface area (Å²) in [6, 6.07) is 3.00. The van der Waals surface area contributed by atoms with Crippen LogP contribution in [0.3, 0.4) is 0 Å². The molecule has 0 aliphatic heterocycles. The van der Waals surface area contributed by atoms with Crippen molar-refractivity contribution in [2.45, 2.75) is 19.4 Å². The second-order valence-electron chi connectivity index (χ2n) is 4.06. The van der Waals surface area contributed by atoms with E-state index in [1.54, 1.807) is 19.1 Å². The lowest BCUT2D eigenvalue weighted by molar-refractivity contribution is 0.0367. The lowest BCUT2D eigenvalue weighted by Gasteiger charge is -2.21. The average Bonchev–Trinajstić information content (AvgIpc) is 2.87. The van der Waals surface area contributed by atoms with Crippen molar-refractivity contribution in [1.82, 2.24) is 10.6 Å². The summed E-state index contributed by atoms with van der Waals surface area (Å²) in [5, 5.41) is 15.3. The van der Waals surface area contributed by atoms with Gasteiger partial charge in [-0.05, 0) is 26.0 Å². The number of urea groups is 1. The molecule has 1 atom stereocenters. The summed E-state index contributed by atoms with van der Waals surface area (Å²) in [4.78, 5) is 11.4. The molecular weight excluding hydrogens is 236 g/mol. The van der Waals surface area contributed by atoms with Crippen molar-refractivity contribution in [2.24, 2.45) is 0 Å². The Bertz CT molecular complexity index is 349. The fraction of sp³-hybridized carbons (Fsp3) is 0.583. The van der Waals surface area contributed by atoms with E-state index in [1.807, 2.05) is 6.92 Å². The van der Waals surface area contributed by atoms with Gasteiger partial charge in [0.15, 0.2) is 0 Å². The maximum Gasteiger partial charge on any atom is 0.314 e. The molecule has 0 aliphatic carbocycles. The van der Waals surface area contributed by atoms with Crippen molar-refractivity contribution in [1.29, 1.82) is 0 Å². The molecule has 6 nitrogen and oxygen atoms in total. The van der Waals surface area contributed by atoms with Crippen molar-refractivity contribution < 1.29 is 19.1 Å². The largest absolute Gasteiger partial charge is 0.466 e. The van der Waals surface area contributed by atoms with Crippen LogP contribution in [-0.2, 0) is 10.3 Å². The number of hydrogen-bond donors (Lipinski definition) is 3. The summed E-state index contributed by atoms with van der Waals surface area (Å²) in [7, 11) is 0. The highest BCUT2D eigenvalue weighted by Gasteiger charge is 2.26. The Labute approximate surface area is 106 Å². The van der Waals surface area contributed by atoms with Crippen molar-refractivity contribution in [3.05, 3.63) is 24.2 Å². The van der Waals surface area contributed by atoms with Crippen molar-refractivity contribution in [2.75, 3.05) is 26.3 Å². The Morgan fingerprint density at radius 2 is 2.33 bits per heavy atom. The predicted octanol–water partition coefficient (Wildman–Crippen LogP) is 0.823. The van der Waals surface area contributed by atoms with Crippen molar-refractivity contribution in [3.8, 4) is 0 Å². The topological polar surface area (TPSA) is 83.7 Å². The summed E-state index contributed by atoms with van der Waals surface area (Å²) >= 11 is 0. The lowest BCUT2D eigenvalue weighted by Crippen LogP contribution is -2.44.